The molecule has 2 aromatic rings. The molecule has 0 aliphatic heterocycles. The van der Waals surface area contributed by atoms with E-state index in [-0.39, 0.29) is 0 Å². The number of rotatable bonds is 7. The average molecular weight is 260 g/mol. The van der Waals surface area contributed by atoms with Crippen molar-refractivity contribution < 1.29 is 4.74 Å². The molecule has 0 radical (unpaired) electrons. The van der Waals surface area contributed by atoms with Crippen molar-refractivity contribution in [2.45, 2.75) is 26.4 Å². The molecule has 1 aromatic carbocycles. The zero-order valence-electron chi connectivity index (χ0n) is 11.5. The number of nitrogens with zero attached hydrogens (tertiary/aromatic N) is 3. The lowest BCUT2D eigenvalue weighted by molar-refractivity contribution is 0.414. The Balaban J connectivity index is 1.91. The monoisotopic (exact) mass is 260 g/mol. The smallest absolute Gasteiger partial charge is 0.118 e. The summed E-state index contributed by atoms with van der Waals surface area (Å²) >= 11 is 0. The molecular formula is C14H20N4O. The molecule has 102 valence electrons. The third kappa shape index (κ3) is 4.06. The van der Waals surface area contributed by atoms with E-state index in [9.17, 15) is 0 Å². The highest BCUT2D eigenvalue weighted by Crippen LogP contribution is 2.12. The highest BCUT2D eigenvalue weighted by Gasteiger charge is 2.01. The van der Waals surface area contributed by atoms with Crippen molar-refractivity contribution in [3.8, 4) is 5.75 Å². The Kier molecular flexibility index (Phi) is 4.92. The van der Waals surface area contributed by atoms with Crippen LogP contribution < -0.4 is 10.1 Å². The number of methoxy groups -OCH3 is 1. The van der Waals surface area contributed by atoms with Gasteiger partial charge < -0.3 is 10.1 Å². The van der Waals surface area contributed by atoms with Crippen molar-refractivity contribution in [2.24, 2.45) is 0 Å². The average Bonchev–Trinajstić information content (AvgIpc) is 2.88. The topological polar surface area (TPSA) is 52.0 Å². The van der Waals surface area contributed by atoms with E-state index in [1.165, 1.54) is 5.56 Å². The van der Waals surface area contributed by atoms with Gasteiger partial charge in [-0.25, -0.2) is 4.68 Å². The summed E-state index contributed by atoms with van der Waals surface area (Å²) < 4.78 is 6.99. The lowest BCUT2D eigenvalue weighted by atomic mass is 10.2. The number of hydrogen-bond acceptors (Lipinski definition) is 4. The largest absolute Gasteiger partial charge is 0.497 e. The number of benzene rings is 1. The van der Waals surface area contributed by atoms with Crippen molar-refractivity contribution in [2.75, 3.05) is 13.7 Å². The maximum absolute atomic E-state index is 5.14. The van der Waals surface area contributed by atoms with E-state index in [1.54, 1.807) is 7.11 Å². The molecule has 0 unspecified atom stereocenters. The van der Waals surface area contributed by atoms with E-state index >= 15 is 0 Å². The van der Waals surface area contributed by atoms with Crippen LogP contribution in [0.5, 0.6) is 5.75 Å². The van der Waals surface area contributed by atoms with E-state index in [0.717, 1.165) is 37.5 Å². The predicted octanol–water partition coefficient (Wildman–Crippen LogP) is 1.83. The molecule has 0 amide bonds. The summed E-state index contributed by atoms with van der Waals surface area (Å²) in [6.07, 6.45) is 3.10. The second-order valence-corrected chi connectivity index (χ2v) is 4.43. The second-order valence-electron chi connectivity index (χ2n) is 4.43. The van der Waals surface area contributed by atoms with Crippen LogP contribution in [-0.2, 0) is 13.1 Å². The highest BCUT2D eigenvalue weighted by atomic mass is 16.5. The molecule has 0 aliphatic carbocycles. The number of hydrogen-bond donors (Lipinski definition) is 1. The fourth-order valence-corrected chi connectivity index (χ4v) is 1.81. The Bertz CT molecular complexity index is 492. The standard InChI is InChI=1S/C14H20N4O/c1-3-8-15-9-13-11-18(17-16-13)10-12-4-6-14(19-2)7-5-12/h4-7,11,15H,3,8-10H2,1-2H3. The van der Waals surface area contributed by atoms with E-state index in [0.29, 0.717) is 0 Å². The van der Waals surface area contributed by atoms with Crippen LogP contribution >= 0.6 is 0 Å². The summed E-state index contributed by atoms with van der Waals surface area (Å²) in [6.45, 7) is 4.65. The highest BCUT2D eigenvalue weighted by molar-refractivity contribution is 5.27. The van der Waals surface area contributed by atoms with Crippen molar-refractivity contribution in [3.05, 3.63) is 41.7 Å². The third-order valence-electron chi connectivity index (χ3n) is 2.82. The molecule has 1 N–H and O–H groups in total. The van der Waals surface area contributed by atoms with Crippen LogP contribution in [0.1, 0.15) is 24.6 Å². The summed E-state index contributed by atoms with van der Waals surface area (Å²) in [5.41, 5.74) is 2.15. The summed E-state index contributed by atoms with van der Waals surface area (Å²) in [6, 6.07) is 7.98. The molecule has 0 spiro atoms. The maximum atomic E-state index is 5.14. The van der Waals surface area contributed by atoms with Crippen molar-refractivity contribution in [3.63, 3.8) is 0 Å². The van der Waals surface area contributed by atoms with Crippen LogP contribution in [0.15, 0.2) is 30.5 Å². The van der Waals surface area contributed by atoms with Gasteiger partial charge in [-0.3, -0.25) is 0 Å². The van der Waals surface area contributed by atoms with Crippen molar-refractivity contribution in [1.82, 2.24) is 20.3 Å². The Morgan fingerprint density at radius 2 is 2.05 bits per heavy atom. The molecule has 0 bridgehead atoms. The zero-order chi connectivity index (χ0) is 13.5. The van der Waals surface area contributed by atoms with E-state index in [1.807, 2.05) is 35.1 Å². The minimum Gasteiger partial charge on any atom is -0.497 e. The van der Waals surface area contributed by atoms with Gasteiger partial charge in [-0.15, -0.1) is 5.10 Å². The number of aromatic nitrogens is 3. The Morgan fingerprint density at radius 3 is 2.74 bits per heavy atom. The second kappa shape index (κ2) is 6.89. The van der Waals surface area contributed by atoms with Gasteiger partial charge in [0.05, 0.1) is 25.5 Å². The molecule has 0 saturated heterocycles. The Morgan fingerprint density at radius 1 is 1.26 bits per heavy atom. The lowest BCUT2D eigenvalue weighted by Gasteiger charge is -2.03. The van der Waals surface area contributed by atoms with Gasteiger partial charge in [0, 0.05) is 6.54 Å². The fourth-order valence-electron chi connectivity index (χ4n) is 1.81. The van der Waals surface area contributed by atoms with Crippen LogP contribution in [-0.4, -0.2) is 28.6 Å². The van der Waals surface area contributed by atoms with Gasteiger partial charge in [-0.05, 0) is 30.7 Å². The van der Waals surface area contributed by atoms with E-state index < -0.39 is 0 Å². The van der Waals surface area contributed by atoms with Gasteiger partial charge in [0.1, 0.15) is 5.75 Å². The van der Waals surface area contributed by atoms with Gasteiger partial charge in [-0.2, -0.15) is 0 Å². The first-order valence-corrected chi connectivity index (χ1v) is 6.54. The zero-order valence-corrected chi connectivity index (χ0v) is 11.5. The quantitative estimate of drug-likeness (QED) is 0.772. The van der Waals surface area contributed by atoms with Gasteiger partial charge in [0.15, 0.2) is 0 Å². The minimum absolute atomic E-state index is 0.727. The van der Waals surface area contributed by atoms with Crippen LogP contribution in [0.4, 0.5) is 0 Å². The molecule has 19 heavy (non-hydrogen) atoms. The summed E-state index contributed by atoms with van der Waals surface area (Å²) in [4.78, 5) is 0. The normalized spacial score (nSPS) is 10.6. The number of ether oxygens (including phenoxy) is 1. The Hall–Kier alpha value is -1.88. The molecule has 1 heterocycles. The van der Waals surface area contributed by atoms with Gasteiger partial charge in [-0.1, -0.05) is 24.3 Å². The predicted molar refractivity (Wildman–Crippen MR) is 74.1 cm³/mol. The molecular weight excluding hydrogens is 240 g/mol. The van der Waals surface area contributed by atoms with Gasteiger partial charge in [0.25, 0.3) is 0 Å². The maximum Gasteiger partial charge on any atom is 0.118 e. The van der Waals surface area contributed by atoms with E-state index in [4.69, 9.17) is 4.74 Å². The summed E-state index contributed by atoms with van der Waals surface area (Å²) in [5, 5.41) is 11.6. The fraction of sp³-hybridized carbons (Fsp3) is 0.429. The van der Waals surface area contributed by atoms with Crippen LogP contribution in [0.2, 0.25) is 0 Å². The van der Waals surface area contributed by atoms with Gasteiger partial charge in [0.2, 0.25) is 0 Å². The molecule has 0 aliphatic rings. The van der Waals surface area contributed by atoms with E-state index in [2.05, 4.69) is 22.6 Å². The molecule has 0 saturated carbocycles. The first-order chi connectivity index (χ1) is 9.31. The molecule has 5 nitrogen and oxygen atoms in total. The summed E-state index contributed by atoms with van der Waals surface area (Å²) in [7, 11) is 1.67. The van der Waals surface area contributed by atoms with Crippen LogP contribution in [0.3, 0.4) is 0 Å². The molecule has 2 rings (SSSR count). The first-order valence-electron chi connectivity index (χ1n) is 6.54. The Labute approximate surface area is 113 Å². The SMILES string of the molecule is CCCNCc1cn(Cc2ccc(OC)cc2)nn1. The molecule has 0 atom stereocenters. The van der Waals surface area contributed by atoms with Gasteiger partial charge >= 0.3 is 0 Å². The lowest BCUT2D eigenvalue weighted by Crippen LogP contribution is -2.13. The number of nitrogens with one attached hydrogen (secondary N) is 1. The van der Waals surface area contributed by atoms with Crippen molar-refractivity contribution in [1.29, 1.82) is 0 Å². The minimum atomic E-state index is 0.727. The van der Waals surface area contributed by atoms with Crippen molar-refractivity contribution >= 4 is 0 Å². The molecule has 1 aromatic heterocycles. The summed E-state index contributed by atoms with van der Waals surface area (Å²) in [5.74, 6) is 0.867. The van der Waals surface area contributed by atoms with Crippen LogP contribution in [0, 0.1) is 0 Å². The molecule has 0 fully saturated rings. The first kappa shape index (κ1) is 13.5. The third-order valence-corrected chi connectivity index (χ3v) is 2.82. The molecule has 5 heteroatoms. The van der Waals surface area contributed by atoms with Crippen LogP contribution in [0.25, 0.3) is 0 Å².